The molecular weight excluding hydrogens is 294 g/mol. The number of nitrogens with one attached hydrogen (secondary N) is 1. The van der Waals surface area contributed by atoms with Crippen LogP contribution in [-0.4, -0.2) is 38.4 Å². The minimum atomic E-state index is -0.676. The molecule has 1 N–H and O–H groups in total. The molecule has 0 aliphatic heterocycles. The highest BCUT2D eigenvalue weighted by Gasteiger charge is 2.39. The number of ether oxygens (including phenoxy) is 3. The number of anilines is 1. The van der Waals surface area contributed by atoms with E-state index in [9.17, 15) is 4.79 Å². The lowest BCUT2D eigenvalue weighted by Crippen LogP contribution is -2.46. The summed E-state index contributed by atoms with van der Waals surface area (Å²) in [6.45, 7) is 3.74. The first-order chi connectivity index (χ1) is 11.2. The minimum absolute atomic E-state index is 0.0512. The van der Waals surface area contributed by atoms with E-state index < -0.39 is 5.60 Å². The molecule has 0 atom stereocenters. The number of methoxy groups -OCH3 is 1. The number of amides is 1. The van der Waals surface area contributed by atoms with E-state index >= 15 is 0 Å². The fraction of sp³-hybridized carbons (Fsp3) is 0.611. The van der Waals surface area contributed by atoms with Gasteiger partial charge in [-0.25, -0.2) is 0 Å². The van der Waals surface area contributed by atoms with E-state index in [0.717, 1.165) is 37.1 Å². The maximum absolute atomic E-state index is 12.6. The van der Waals surface area contributed by atoms with E-state index in [-0.39, 0.29) is 5.91 Å². The van der Waals surface area contributed by atoms with Crippen LogP contribution in [-0.2, 0) is 14.3 Å². The van der Waals surface area contributed by atoms with E-state index in [2.05, 4.69) is 5.32 Å². The number of carbonyl (C=O) groups excluding carboxylic acids is 1. The molecule has 1 aromatic carbocycles. The summed E-state index contributed by atoms with van der Waals surface area (Å²) in [5.74, 6) is 0.714. The zero-order valence-electron chi connectivity index (χ0n) is 14.1. The summed E-state index contributed by atoms with van der Waals surface area (Å²) in [6.07, 6.45) is 4.82. The van der Waals surface area contributed by atoms with Crippen molar-refractivity contribution in [1.29, 1.82) is 0 Å². The van der Waals surface area contributed by atoms with Crippen molar-refractivity contribution in [1.82, 2.24) is 0 Å². The van der Waals surface area contributed by atoms with Crippen molar-refractivity contribution in [2.24, 2.45) is 0 Å². The standard InChI is InChI=1S/C18H27NO4/c1-3-22-13-14-23-16-9-7-15(8-10-16)19-17(20)18(21-2)11-5-4-6-12-18/h7-10H,3-6,11-14H2,1-2H3,(H,19,20). The number of carbonyl (C=O) groups is 1. The summed E-state index contributed by atoms with van der Waals surface area (Å²) in [5, 5.41) is 2.96. The number of hydrogen-bond acceptors (Lipinski definition) is 4. The highest BCUT2D eigenvalue weighted by Crippen LogP contribution is 2.32. The van der Waals surface area contributed by atoms with Crippen molar-refractivity contribution in [3.05, 3.63) is 24.3 Å². The van der Waals surface area contributed by atoms with Gasteiger partial charge in [0.2, 0.25) is 0 Å². The molecule has 2 rings (SSSR count). The molecule has 1 aliphatic rings. The van der Waals surface area contributed by atoms with Crippen molar-refractivity contribution in [2.45, 2.75) is 44.6 Å². The average molecular weight is 321 g/mol. The van der Waals surface area contributed by atoms with Crippen LogP contribution in [0, 0.1) is 0 Å². The molecule has 0 unspecified atom stereocenters. The first-order valence-corrected chi connectivity index (χ1v) is 8.37. The fourth-order valence-electron chi connectivity index (χ4n) is 2.89. The molecule has 5 heteroatoms. The molecule has 1 saturated carbocycles. The summed E-state index contributed by atoms with van der Waals surface area (Å²) in [5.41, 5.74) is 0.0828. The third-order valence-corrected chi connectivity index (χ3v) is 4.28. The lowest BCUT2D eigenvalue weighted by atomic mass is 9.84. The van der Waals surface area contributed by atoms with Crippen LogP contribution in [0.2, 0.25) is 0 Å². The van der Waals surface area contributed by atoms with Gasteiger partial charge in [-0.2, -0.15) is 0 Å². The van der Waals surface area contributed by atoms with Gasteiger partial charge in [0, 0.05) is 19.4 Å². The largest absolute Gasteiger partial charge is 0.491 e. The smallest absolute Gasteiger partial charge is 0.256 e. The van der Waals surface area contributed by atoms with Crippen LogP contribution < -0.4 is 10.1 Å². The number of rotatable bonds is 8. The summed E-state index contributed by atoms with van der Waals surface area (Å²) < 4.78 is 16.4. The van der Waals surface area contributed by atoms with Crippen molar-refractivity contribution in [2.75, 3.05) is 32.2 Å². The van der Waals surface area contributed by atoms with Gasteiger partial charge in [0.25, 0.3) is 5.91 Å². The topological polar surface area (TPSA) is 56.8 Å². The highest BCUT2D eigenvalue weighted by atomic mass is 16.5. The van der Waals surface area contributed by atoms with Crippen LogP contribution >= 0.6 is 0 Å². The number of hydrogen-bond donors (Lipinski definition) is 1. The first kappa shape index (κ1) is 17.8. The SMILES string of the molecule is CCOCCOc1ccc(NC(=O)C2(OC)CCCCC2)cc1. The van der Waals surface area contributed by atoms with E-state index in [1.165, 1.54) is 6.42 Å². The molecule has 0 radical (unpaired) electrons. The van der Waals surface area contributed by atoms with Gasteiger partial charge < -0.3 is 19.5 Å². The van der Waals surface area contributed by atoms with Crippen molar-refractivity contribution >= 4 is 11.6 Å². The Kier molecular flexibility index (Phi) is 6.86. The Bertz CT molecular complexity index is 480. The predicted molar refractivity (Wildman–Crippen MR) is 89.9 cm³/mol. The van der Waals surface area contributed by atoms with E-state index in [4.69, 9.17) is 14.2 Å². The lowest BCUT2D eigenvalue weighted by molar-refractivity contribution is -0.141. The van der Waals surface area contributed by atoms with Gasteiger partial charge in [-0.15, -0.1) is 0 Å². The van der Waals surface area contributed by atoms with Gasteiger partial charge in [-0.3, -0.25) is 4.79 Å². The second-order valence-electron chi connectivity index (χ2n) is 5.78. The van der Waals surface area contributed by atoms with Crippen LogP contribution in [0.5, 0.6) is 5.75 Å². The molecule has 0 bridgehead atoms. The maximum Gasteiger partial charge on any atom is 0.256 e. The molecule has 0 aromatic heterocycles. The van der Waals surface area contributed by atoms with Gasteiger partial charge in [0.1, 0.15) is 18.0 Å². The molecule has 1 aliphatic carbocycles. The van der Waals surface area contributed by atoms with E-state index in [1.807, 2.05) is 31.2 Å². The Labute approximate surface area is 138 Å². The molecule has 5 nitrogen and oxygen atoms in total. The monoisotopic (exact) mass is 321 g/mol. The van der Waals surface area contributed by atoms with Crippen LogP contribution in [0.15, 0.2) is 24.3 Å². The van der Waals surface area contributed by atoms with Crippen molar-refractivity contribution in [3.63, 3.8) is 0 Å². The average Bonchev–Trinajstić information content (AvgIpc) is 2.60. The fourth-order valence-corrected chi connectivity index (χ4v) is 2.89. The normalized spacial score (nSPS) is 16.8. The van der Waals surface area contributed by atoms with E-state index in [1.54, 1.807) is 7.11 Å². The molecular formula is C18H27NO4. The molecule has 1 aromatic rings. The summed E-state index contributed by atoms with van der Waals surface area (Å²) >= 11 is 0. The van der Waals surface area contributed by atoms with Crippen molar-refractivity contribution in [3.8, 4) is 5.75 Å². The Morgan fingerprint density at radius 3 is 2.43 bits per heavy atom. The predicted octanol–water partition coefficient (Wildman–Crippen LogP) is 3.39. The van der Waals surface area contributed by atoms with Gasteiger partial charge in [0.05, 0.1) is 6.61 Å². The molecule has 1 fully saturated rings. The van der Waals surface area contributed by atoms with Gasteiger partial charge in [-0.1, -0.05) is 19.3 Å². The molecule has 128 valence electrons. The van der Waals surface area contributed by atoms with Gasteiger partial charge >= 0.3 is 0 Å². The van der Waals surface area contributed by atoms with E-state index in [0.29, 0.717) is 19.8 Å². The van der Waals surface area contributed by atoms with Crippen molar-refractivity contribution < 1.29 is 19.0 Å². The van der Waals surface area contributed by atoms with Crippen LogP contribution in [0.3, 0.4) is 0 Å². The Balaban J connectivity index is 1.88. The van der Waals surface area contributed by atoms with Gasteiger partial charge in [0.15, 0.2) is 0 Å². The molecule has 0 spiro atoms. The second kappa shape index (κ2) is 8.89. The Morgan fingerprint density at radius 1 is 1.13 bits per heavy atom. The quantitative estimate of drug-likeness (QED) is 0.746. The highest BCUT2D eigenvalue weighted by molar-refractivity contribution is 5.97. The third kappa shape index (κ3) is 4.94. The second-order valence-corrected chi connectivity index (χ2v) is 5.78. The molecule has 23 heavy (non-hydrogen) atoms. The zero-order chi connectivity index (χ0) is 16.5. The van der Waals surface area contributed by atoms with Crippen LogP contribution in [0.25, 0.3) is 0 Å². The summed E-state index contributed by atoms with van der Waals surface area (Å²) in [6, 6.07) is 7.39. The minimum Gasteiger partial charge on any atom is -0.491 e. The molecule has 0 heterocycles. The van der Waals surface area contributed by atoms with Crippen LogP contribution in [0.4, 0.5) is 5.69 Å². The summed E-state index contributed by atoms with van der Waals surface area (Å²) in [4.78, 5) is 12.6. The Hall–Kier alpha value is -1.59. The number of benzene rings is 1. The Morgan fingerprint density at radius 2 is 1.83 bits per heavy atom. The van der Waals surface area contributed by atoms with Crippen LogP contribution in [0.1, 0.15) is 39.0 Å². The molecule has 0 saturated heterocycles. The molecule has 1 amide bonds. The summed E-state index contributed by atoms with van der Waals surface area (Å²) in [7, 11) is 1.63. The maximum atomic E-state index is 12.6. The van der Waals surface area contributed by atoms with Gasteiger partial charge in [-0.05, 0) is 44.0 Å². The lowest BCUT2D eigenvalue weighted by Gasteiger charge is -2.34. The first-order valence-electron chi connectivity index (χ1n) is 8.37. The zero-order valence-corrected chi connectivity index (χ0v) is 14.1. The third-order valence-electron chi connectivity index (χ3n) is 4.28.